The fourth-order valence-electron chi connectivity index (χ4n) is 9.69. The fraction of sp³-hybridized carbons (Fsp3) is 0. The van der Waals surface area contributed by atoms with Gasteiger partial charge < -0.3 is 9.13 Å². The molecule has 0 spiro atoms. The monoisotopic (exact) mass is 767 g/mol. The normalized spacial score (nSPS) is 12.1. The van der Waals surface area contributed by atoms with Gasteiger partial charge in [-0.3, -0.25) is 0 Å². The number of benzene rings is 9. The van der Waals surface area contributed by atoms with E-state index in [9.17, 15) is 0 Å². The van der Waals surface area contributed by atoms with Gasteiger partial charge in [0, 0.05) is 59.3 Å². The van der Waals surface area contributed by atoms with Crippen molar-refractivity contribution in [2.75, 3.05) is 0 Å². The van der Waals surface area contributed by atoms with E-state index in [0.717, 1.165) is 39.3 Å². The van der Waals surface area contributed by atoms with Crippen molar-refractivity contribution in [1.82, 2.24) is 14.1 Å². The highest BCUT2D eigenvalue weighted by molar-refractivity contribution is 7.26. The molecule has 0 unspecified atom stereocenters. The highest BCUT2D eigenvalue weighted by Crippen LogP contribution is 2.45. The number of fused-ring (bicyclic) bond motifs is 13. The third kappa shape index (κ3) is 4.78. The molecule has 0 atom stereocenters. The minimum atomic E-state index is 1.02. The molecular formula is C55H33N3S. The molecule has 0 bridgehead atoms. The molecule has 0 fully saturated rings. The second-order valence-corrected chi connectivity index (χ2v) is 16.6. The Morgan fingerprint density at radius 3 is 1.41 bits per heavy atom. The first-order valence-electron chi connectivity index (χ1n) is 20.1. The van der Waals surface area contributed by atoms with Gasteiger partial charge in [-0.1, -0.05) is 146 Å². The van der Waals surface area contributed by atoms with Gasteiger partial charge >= 0.3 is 0 Å². The minimum Gasteiger partial charge on any atom is -0.309 e. The highest BCUT2D eigenvalue weighted by atomic mass is 32.1. The SMILES string of the molecule is c1ccc2c(c1)ccc1nc(-c3ccc(-c4cc(-n5c6ccccc6c6ccccc65)cc(-n5c6ccccc6c6ccccc65)c4)cc3)c3sc4ccccc4c3c12. The summed E-state index contributed by atoms with van der Waals surface area (Å²) in [5, 5.41) is 11.3. The summed E-state index contributed by atoms with van der Waals surface area (Å²) in [7, 11) is 0. The largest absolute Gasteiger partial charge is 0.309 e. The van der Waals surface area contributed by atoms with Crippen LogP contribution in [0.4, 0.5) is 0 Å². The van der Waals surface area contributed by atoms with Crippen LogP contribution in [0.5, 0.6) is 0 Å². The Labute approximate surface area is 343 Å². The topological polar surface area (TPSA) is 22.8 Å². The average molecular weight is 768 g/mol. The van der Waals surface area contributed by atoms with Gasteiger partial charge in [0.1, 0.15) is 0 Å². The number of thiophene rings is 1. The van der Waals surface area contributed by atoms with Crippen LogP contribution in [-0.2, 0) is 0 Å². The summed E-state index contributed by atoms with van der Waals surface area (Å²) < 4.78 is 7.37. The molecule has 3 nitrogen and oxygen atoms in total. The number of rotatable bonds is 4. The number of para-hydroxylation sites is 4. The Morgan fingerprint density at radius 1 is 0.356 bits per heavy atom. The predicted molar refractivity (Wildman–Crippen MR) is 252 cm³/mol. The van der Waals surface area contributed by atoms with Gasteiger partial charge in [0.15, 0.2) is 0 Å². The van der Waals surface area contributed by atoms with Crippen molar-refractivity contribution in [3.63, 3.8) is 0 Å². The Balaban J connectivity index is 1.05. The number of hydrogen-bond donors (Lipinski definition) is 0. The molecule has 4 heterocycles. The molecule has 0 aliphatic carbocycles. The number of pyridine rings is 1. The predicted octanol–water partition coefficient (Wildman–Crippen LogP) is 15.3. The summed E-state index contributed by atoms with van der Waals surface area (Å²) >= 11 is 1.84. The minimum absolute atomic E-state index is 1.02. The fourth-order valence-corrected chi connectivity index (χ4v) is 10.9. The third-order valence-electron chi connectivity index (χ3n) is 12.3. The molecule has 0 amide bonds. The zero-order chi connectivity index (χ0) is 38.6. The van der Waals surface area contributed by atoms with Gasteiger partial charge in [0.05, 0.1) is 38.0 Å². The molecular weight excluding hydrogens is 735 g/mol. The van der Waals surface area contributed by atoms with Crippen LogP contribution in [0, 0.1) is 0 Å². The summed E-state index contributed by atoms with van der Waals surface area (Å²) in [5.74, 6) is 0. The average Bonchev–Trinajstić information content (AvgIpc) is 3.97. The zero-order valence-corrected chi connectivity index (χ0v) is 32.6. The lowest BCUT2D eigenvalue weighted by Gasteiger charge is -2.16. The third-order valence-corrected chi connectivity index (χ3v) is 13.4. The van der Waals surface area contributed by atoms with Crippen molar-refractivity contribution in [3.8, 4) is 33.8 Å². The van der Waals surface area contributed by atoms with Gasteiger partial charge in [-0.05, 0) is 76.5 Å². The summed E-state index contributed by atoms with van der Waals surface area (Å²) in [5.41, 5.74) is 12.5. The smallest absolute Gasteiger partial charge is 0.0888 e. The molecule has 9 aromatic carbocycles. The lowest BCUT2D eigenvalue weighted by molar-refractivity contribution is 1.13. The van der Waals surface area contributed by atoms with Crippen molar-refractivity contribution in [1.29, 1.82) is 0 Å². The first kappa shape index (κ1) is 32.5. The first-order valence-corrected chi connectivity index (χ1v) is 20.9. The van der Waals surface area contributed by atoms with Crippen LogP contribution in [0.15, 0.2) is 200 Å². The van der Waals surface area contributed by atoms with Crippen molar-refractivity contribution >= 4 is 96.8 Å². The summed E-state index contributed by atoms with van der Waals surface area (Å²) in [6, 6.07) is 73.1. The van der Waals surface area contributed by atoms with Gasteiger partial charge in [0.2, 0.25) is 0 Å². The van der Waals surface area contributed by atoms with Crippen molar-refractivity contribution in [2.24, 2.45) is 0 Å². The van der Waals surface area contributed by atoms with Crippen LogP contribution < -0.4 is 0 Å². The Bertz CT molecular complexity index is 3610. The summed E-state index contributed by atoms with van der Waals surface area (Å²) in [4.78, 5) is 5.44. The van der Waals surface area contributed by atoms with Gasteiger partial charge in [-0.15, -0.1) is 11.3 Å². The quantitative estimate of drug-likeness (QED) is 0.164. The molecule has 59 heavy (non-hydrogen) atoms. The van der Waals surface area contributed by atoms with E-state index in [1.54, 1.807) is 0 Å². The molecule has 0 saturated heterocycles. The van der Waals surface area contributed by atoms with Crippen LogP contribution in [-0.4, -0.2) is 14.1 Å². The Kier molecular flexibility index (Phi) is 6.89. The molecule has 0 saturated carbocycles. The molecule has 274 valence electrons. The van der Waals surface area contributed by atoms with Gasteiger partial charge in [-0.25, -0.2) is 4.98 Å². The second kappa shape index (κ2) is 12.5. The van der Waals surface area contributed by atoms with Crippen LogP contribution in [0.2, 0.25) is 0 Å². The van der Waals surface area contributed by atoms with E-state index in [1.165, 1.54) is 79.9 Å². The van der Waals surface area contributed by atoms with E-state index in [4.69, 9.17) is 4.98 Å². The van der Waals surface area contributed by atoms with E-state index >= 15 is 0 Å². The van der Waals surface area contributed by atoms with Crippen LogP contribution in [0.25, 0.3) is 119 Å². The lowest BCUT2D eigenvalue weighted by atomic mass is 9.97. The molecule has 4 heteroatoms. The number of aromatic nitrogens is 3. The zero-order valence-electron chi connectivity index (χ0n) is 31.8. The maximum atomic E-state index is 5.44. The standard InChI is InChI=1S/C55H33N3S/c1-2-14-40-35(13-1)29-30-46-52(40)53-45-19-7-12-24-51(45)59-55(53)54(56-46)36-27-25-34(26-28-36)37-31-38(57-47-20-8-3-15-41(47)42-16-4-9-21-48(42)57)33-39(32-37)58-49-22-10-5-17-43(49)44-18-6-11-23-50(44)58/h1-33H. The van der Waals surface area contributed by atoms with E-state index in [0.29, 0.717) is 0 Å². The second-order valence-electron chi connectivity index (χ2n) is 15.5. The molecule has 13 aromatic rings. The number of nitrogens with zero attached hydrogens (tertiary/aromatic N) is 3. The van der Waals surface area contributed by atoms with Crippen LogP contribution in [0.3, 0.4) is 0 Å². The van der Waals surface area contributed by atoms with Crippen molar-refractivity contribution in [3.05, 3.63) is 200 Å². The van der Waals surface area contributed by atoms with Crippen molar-refractivity contribution < 1.29 is 0 Å². The molecule has 4 aromatic heterocycles. The van der Waals surface area contributed by atoms with E-state index in [1.807, 2.05) is 11.3 Å². The summed E-state index contributed by atoms with van der Waals surface area (Å²) in [6.45, 7) is 0. The number of hydrogen-bond acceptors (Lipinski definition) is 2. The molecule has 13 rings (SSSR count). The molecule has 0 N–H and O–H groups in total. The molecule has 0 aliphatic rings. The maximum Gasteiger partial charge on any atom is 0.0888 e. The summed E-state index contributed by atoms with van der Waals surface area (Å²) in [6.07, 6.45) is 0. The van der Waals surface area contributed by atoms with Crippen LogP contribution >= 0.6 is 11.3 Å². The maximum absolute atomic E-state index is 5.44. The van der Waals surface area contributed by atoms with Crippen LogP contribution in [0.1, 0.15) is 0 Å². The van der Waals surface area contributed by atoms with Gasteiger partial charge in [-0.2, -0.15) is 0 Å². The molecule has 0 aliphatic heterocycles. The van der Waals surface area contributed by atoms with E-state index in [2.05, 4.69) is 209 Å². The van der Waals surface area contributed by atoms with E-state index < -0.39 is 0 Å². The van der Waals surface area contributed by atoms with Gasteiger partial charge in [0.25, 0.3) is 0 Å². The van der Waals surface area contributed by atoms with E-state index in [-0.39, 0.29) is 0 Å². The molecule has 0 radical (unpaired) electrons. The highest BCUT2D eigenvalue weighted by Gasteiger charge is 2.20. The first-order chi connectivity index (χ1) is 29.3. The lowest BCUT2D eigenvalue weighted by Crippen LogP contribution is -2.00. The Hall–Kier alpha value is -7.53. The Morgan fingerprint density at radius 2 is 0.831 bits per heavy atom. The van der Waals surface area contributed by atoms with Crippen molar-refractivity contribution in [2.45, 2.75) is 0 Å².